The van der Waals surface area contributed by atoms with Gasteiger partial charge in [0.05, 0.1) is 15.7 Å². The Bertz CT molecular complexity index is 952. The van der Waals surface area contributed by atoms with Crippen LogP contribution < -0.4 is 4.72 Å². The van der Waals surface area contributed by atoms with Crippen LogP contribution in [0, 0.1) is 6.92 Å². The SMILES string of the molecule is Cc1ccc(S(=O)(=O)NCCC[C@H]2[C@H](c3ccccc3)N2S(=O)C(C)(C)C)cc1. The van der Waals surface area contributed by atoms with Crippen LogP contribution in [0.25, 0.3) is 0 Å². The minimum absolute atomic E-state index is 0.130. The molecule has 3 rings (SSSR count). The van der Waals surface area contributed by atoms with Crippen LogP contribution in [0.2, 0.25) is 0 Å². The summed E-state index contributed by atoms with van der Waals surface area (Å²) in [7, 11) is -4.60. The molecule has 2 aromatic carbocycles. The molecule has 0 amide bonds. The molecule has 1 aliphatic rings. The molecule has 2 unspecified atom stereocenters. The summed E-state index contributed by atoms with van der Waals surface area (Å²) in [4.78, 5) is 0.284. The fraction of sp³-hybridized carbons (Fsp3) is 0.455. The van der Waals surface area contributed by atoms with E-state index in [1.165, 1.54) is 0 Å². The van der Waals surface area contributed by atoms with Crippen molar-refractivity contribution in [1.82, 2.24) is 9.03 Å². The number of rotatable bonds is 8. The van der Waals surface area contributed by atoms with Gasteiger partial charge in [0.1, 0.15) is 11.0 Å². The third-order valence-corrected chi connectivity index (χ3v) is 8.44. The maximum absolute atomic E-state index is 13.0. The van der Waals surface area contributed by atoms with Crippen molar-refractivity contribution < 1.29 is 12.6 Å². The van der Waals surface area contributed by atoms with Gasteiger partial charge in [0, 0.05) is 12.6 Å². The maximum Gasteiger partial charge on any atom is 0.240 e. The van der Waals surface area contributed by atoms with E-state index in [2.05, 4.69) is 21.2 Å². The van der Waals surface area contributed by atoms with Crippen LogP contribution in [-0.4, -0.2) is 34.3 Å². The lowest BCUT2D eigenvalue weighted by atomic mass is 10.1. The number of nitrogens with one attached hydrogen (secondary N) is 1. The van der Waals surface area contributed by atoms with Gasteiger partial charge in [-0.05, 0) is 58.2 Å². The normalized spacial score (nSPS) is 23.0. The number of benzene rings is 2. The van der Waals surface area contributed by atoms with Gasteiger partial charge in [-0.3, -0.25) is 0 Å². The fourth-order valence-electron chi connectivity index (χ4n) is 3.42. The van der Waals surface area contributed by atoms with E-state index >= 15 is 0 Å². The van der Waals surface area contributed by atoms with Crippen molar-refractivity contribution in [3.8, 4) is 0 Å². The van der Waals surface area contributed by atoms with Crippen LogP contribution in [0.15, 0.2) is 59.5 Å². The molecule has 4 atom stereocenters. The minimum atomic E-state index is -3.50. The second kappa shape index (κ2) is 8.68. The van der Waals surface area contributed by atoms with Gasteiger partial charge in [-0.1, -0.05) is 48.0 Å². The van der Waals surface area contributed by atoms with Crippen LogP contribution in [0.1, 0.15) is 50.8 Å². The quantitative estimate of drug-likeness (QED) is 0.505. The Morgan fingerprint density at radius 1 is 1.03 bits per heavy atom. The van der Waals surface area contributed by atoms with Crippen molar-refractivity contribution in [2.24, 2.45) is 0 Å². The molecule has 158 valence electrons. The molecule has 0 radical (unpaired) electrons. The van der Waals surface area contributed by atoms with E-state index in [-0.39, 0.29) is 21.7 Å². The van der Waals surface area contributed by atoms with Crippen LogP contribution in [0.4, 0.5) is 0 Å². The summed E-state index contributed by atoms with van der Waals surface area (Å²) < 4.78 is 42.2. The van der Waals surface area contributed by atoms with Gasteiger partial charge in [0.25, 0.3) is 0 Å². The summed E-state index contributed by atoms with van der Waals surface area (Å²) in [5.74, 6) is 0. The standard InChI is InChI=1S/C22H30N2O3S2/c1-17-12-14-19(15-13-17)29(26,27)23-16-8-11-20-21(18-9-6-5-7-10-18)24(20)28(25)22(2,3)4/h5-7,9-10,12-15,20-21,23H,8,11,16H2,1-4H3/t20-,21-,24?,28?/m0/s1. The Labute approximate surface area is 177 Å². The van der Waals surface area contributed by atoms with Crippen molar-refractivity contribution in [3.05, 3.63) is 65.7 Å². The van der Waals surface area contributed by atoms with Gasteiger partial charge in [0.15, 0.2) is 0 Å². The molecule has 0 aliphatic carbocycles. The van der Waals surface area contributed by atoms with Gasteiger partial charge < -0.3 is 0 Å². The summed E-state index contributed by atoms with van der Waals surface area (Å²) in [6, 6.07) is 17.2. The summed E-state index contributed by atoms with van der Waals surface area (Å²) >= 11 is 0. The third-order valence-electron chi connectivity index (χ3n) is 5.03. The first-order valence-corrected chi connectivity index (χ1v) is 12.5. The predicted molar refractivity (Wildman–Crippen MR) is 118 cm³/mol. The average Bonchev–Trinajstić information content (AvgIpc) is 3.39. The van der Waals surface area contributed by atoms with E-state index in [0.717, 1.165) is 17.5 Å². The molecule has 1 N–H and O–H groups in total. The summed E-state index contributed by atoms with van der Waals surface area (Å²) in [5.41, 5.74) is 2.19. The highest BCUT2D eigenvalue weighted by molar-refractivity contribution is 7.89. The van der Waals surface area contributed by atoms with Crippen LogP contribution in [0.5, 0.6) is 0 Å². The van der Waals surface area contributed by atoms with Crippen molar-refractivity contribution >= 4 is 21.0 Å². The molecule has 0 spiro atoms. The highest BCUT2D eigenvalue weighted by Crippen LogP contribution is 2.48. The lowest BCUT2D eigenvalue weighted by Crippen LogP contribution is -2.28. The molecule has 0 saturated carbocycles. The number of aryl methyl sites for hydroxylation is 1. The molecular weight excluding hydrogens is 404 g/mol. The van der Waals surface area contributed by atoms with Gasteiger partial charge in [-0.25, -0.2) is 21.7 Å². The maximum atomic E-state index is 13.0. The fourth-order valence-corrected chi connectivity index (χ4v) is 6.01. The molecule has 2 aromatic rings. The van der Waals surface area contributed by atoms with Crippen molar-refractivity contribution in [2.75, 3.05) is 6.54 Å². The molecule has 7 heteroatoms. The average molecular weight is 435 g/mol. The minimum Gasteiger partial charge on any atom is -0.242 e. The number of sulfonamides is 1. The zero-order valence-corrected chi connectivity index (χ0v) is 19.1. The first-order chi connectivity index (χ1) is 13.6. The second-order valence-electron chi connectivity index (χ2n) is 8.50. The summed E-state index contributed by atoms with van der Waals surface area (Å²) in [6.07, 6.45) is 1.48. The molecule has 1 aliphatic heterocycles. The van der Waals surface area contributed by atoms with E-state index in [1.807, 2.05) is 45.9 Å². The molecule has 0 aromatic heterocycles. The van der Waals surface area contributed by atoms with Gasteiger partial charge >= 0.3 is 0 Å². The zero-order valence-electron chi connectivity index (χ0n) is 17.5. The Hall–Kier alpha value is -1.54. The molecule has 0 bridgehead atoms. The summed E-state index contributed by atoms with van der Waals surface area (Å²) in [6.45, 7) is 8.24. The zero-order chi connectivity index (χ0) is 21.2. The smallest absolute Gasteiger partial charge is 0.240 e. The largest absolute Gasteiger partial charge is 0.242 e. The van der Waals surface area contributed by atoms with Crippen molar-refractivity contribution in [1.29, 1.82) is 0 Å². The Morgan fingerprint density at radius 2 is 1.66 bits per heavy atom. The lowest BCUT2D eigenvalue weighted by molar-refractivity contribution is 0.567. The molecule has 1 heterocycles. The third kappa shape index (κ3) is 5.34. The number of hydrogen-bond acceptors (Lipinski definition) is 3. The van der Waals surface area contributed by atoms with Gasteiger partial charge in [0.2, 0.25) is 10.0 Å². The predicted octanol–water partition coefficient (Wildman–Crippen LogP) is 3.94. The Balaban J connectivity index is 1.60. The van der Waals surface area contributed by atoms with E-state index in [1.54, 1.807) is 24.3 Å². The second-order valence-corrected chi connectivity index (χ2v) is 12.4. The number of nitrogens with zero attached hydrogens (tertiary/aromatic N) is 1. The molecular formula is C22H30N2O3S2. The van der Waals surface area contributed by atoms with Crippen molar-refractivity contribution in [3.63, 3.8) is 0 Å². The topological polar surface area (TPSA) is 66.2 Å². The van der Waals surface area contributed by atoms with Crippen LogP contribution in [0.3, 0.4) is 0 Å². The number of hydrogen-bond donors (Lipinski definition) is 1. The van der Waals surface area contributed by atoms with E-state index in [4.69, 9.17) is 0 Å². The molecule has 1 fully saturated rings. The highest BCUT2D eigenvalue weighted by Gasteiger charge is 2.53. The Kier molecular flexibility index (Phi) is 6.63. The first-order valence-electron chi connectivity index (χ1n) is 9.93. The molecule has 5 nitrogen and oxygen atoms in total. The van der Waals surface area contributed by atoms with E-state index in [0.29, 0.717) is 13.0 Å². The first kappa shape index (κ1) is 22.2. The monoisotopic (exact) mass is 434 g/mol. The van der Waals surface area contributed by atoms with Gasteiger partial charge in [-0.15, -0.1) is 0 Å². The van der Waals surface area contributed by atoms with Crippen molar-refractivity contribution in [2.45, 2.75) is 62.3 Å². The van der Waals surface area contributed by atoms with Crippen LogP contribution >= 0.6 is 0 Å². The molecule has 1 saturated heterocycles. The lowest BCUT2D eigenvalue weighted by Gasteiger charge is -2.19. The highest BCUT2D eigenvalue weighted by atomic mass is 32.2. The summed E-state index contributed by atoms with van der Waals surface area (Å²) in [5, 5.41) is 0. The van der Waals surface area contributed by atoms with E-state index < -0.39 is 21.0 Å². The van der Waals surface area contributed by atoms with Gasteiger partial charge in [-0.2, -0.15) is 0 Å². The van der Waals surface area contributed by atoms with E-state index in [9.17, 15) is 12.6 Å². The molecule has 29 heavy (non-hydrogen) atoms. The Morgan fingerprint density at radius 3 is 2.24 bits per heavy atom. The van der Waals surface area contributed by atoms with Crippen LogP contribution in [-0.2, 0) is 21.0 Å².